The second-order valence-electron chi connectivity index (χ2n) is 6.18. The Morgan fingerprint density at radius 3 is 2.50 bits per heavy atom. The normalized spacial score (nSPS) is 27.2. The molecule has 0 amide bonds. The summed E-state index contributed by atoms with van der Waals surface area (Å²) in [6, 6.07) is 0. The molecule has 0 aliphatic carbocycles. The first-order chi connectivity index (χ1) is 9.37. The van der Waals surface area contributed by atoms with Gasteiger partial charge in [-0.25, -0.2) is 0 Å². The highest BCUT2D eigenvalue weighted by Crippen LogP contribution is 2.16. The minimum absolute atomic E-state index is 0.267. The van der Waals surface area contributed by atoms with Crippen molar-refractivity contribution in [3.63, 3.8) is 0 Å². The van der Waals surface area contributed by atoms with Gasteiger partial charge in [0, 0.05) is 13.1 Å². The Morgan fingerprint density at radius 1 is 1.40 bits per heavy atom. The first-order valence-corrected chi connectivity index (χ1v) is 7.73. The van der Waals surface area contributed by atoms with Crippen LogP contribution in [-0.4, -0.2) is 59.9 Å². The van der Waals surface area contributed by atoms with E-state index in [0.717, 1.165) is 39.0 Å². The summed E-state index contributed by atoms with van der Waals surface area (Å²) >= 11 is 0. The summed E-state index contributed by atoms with van der Waals surface area (Å²) in [4.78, 5) is 13.8. The molecule has 3 unspecified atom stereocenters. The standard InChI is InChI=1S/C15H30N2O3/c1-5-8-16-15(4,14(18)19)7-6-9-17-10-12(2)20-13(3)11-17/h12-13,16H,5-11H2,1-4H3,(H,18,19). The molecule has 1 rings (SSSR count). The summed E-state index contributed by atoms with van der Waals surface area (Å²) in [5.41, 5.74) is -0.806. The van der Waals surface area contributed by atoms with Crippen molar-refractivity contribution in [1.29, 1.82) is 0 Å². The molecule has 0 aromatic heterocycles. The molecule has 20 heavy (non-hydrogen) atoms. The van der Waals surface area contributed by atoms with Gasteiger partial charge in [-0.1, -0.05) is 6.92 Å². The van der Waals surface area contributed by atoms with Crippen molar-refractivity contribution < 1.29 is 14.6 Å². The fraction of sp³-hybridized carbons (Fsp3) is 0.933. The molecule has 5 nitrogen and oxygen atoms in total. The maximum absolute atomic E-state index is 11.4. The van der Waals surface area contributed by atoms with E-state index >= 15 is 0 Å². The molecular weight excluding hydrogens is 256 g/mol. The van der Waals surface area contributed by atoms with Gasteiger partial charge >= 0.3 is 5.97 Å². The summed E-state index contributed by atoms with van der Waals surface area (Å²) in [6.45, 7) is 11.6. The molecule has 0 radical (unpaired) electrons. The number of carbonyl (C=O) groups is 1. The summed E-state index contributed by atoms with van der Waals surface area (Å²) in [6.07, 6.45) is 3.02. The van der Waals surface area contributed by atoms with E-state index in [2.05, 4.69) is 24.1 Å². The maximum atomic E-state index is 11.4. The quantitative estimate of drug-likeness (QED) is 0.711. The average Bonchev–Trinajstić information content (AvgIpc) is 2.35. The molecule has 0 saturated carbocycles. The van der Waals surface area contributed by atoms with Gasteiger partial charge < -0.3 is 15.2 Å². The van der Waals surface area contributed by atoms with Crippen LogP contribution in [0.5, 0.6) is 0 Å². The van der Waals surface area contributed by atoms with Crippen molar-refractivity contribution >= 4 is 5.97 Å². The monoisotopic (exact) mass is 286 g/mol. The number of ether oxygens (including phenoxy) is 1. The summed E-state index contributed by atoms with van der Waals surface area (Å²) < 4.78 is 5.71. The zero-order chi connectivity index (χ0) is 15.2. The van der Waals surface area contributed by atoms with Crippen molar-refractivity contribution in [3.05, 3.63) is 0 Å². The van der Waals surface area contributed by atoms with Crippen molar-refractivity contribution in [3.8, 4) is 0 Å². The van der Waals surface area contributed by atoms with Crippen molar-refractivity contribution in [2.75, 3.05) is 26.2 Å². The van der Waals surface area contributed by atoms with Crippen LogP contribution in [0.3, 0.4) is 0 Å². The number of hydrogen-bond donors (Lipinski definition) is 2. The molecule has 1 heterocycles. The molecular formula is C15H30N2O3. The number of morpholine rings is 1. The number of nitrogens with one attached hydrogen (secondary N) is 1. The van der Waals surface area contributed by atoms with Crippen LogP contribution in [-0.2, 0) is 9.53 Å². The zero-order valence-corrected chi connectivity index (χ0v) is 13.3. The number of carboxylic acids is 1. The molecule has 1 saturated heterocycles. The van der Waals surface area contributed by atoms with Crippen LogP contribution >= 0.6 is 0 Å². The van der Waals surface area contributed by atoms with Crippen molar-refractivity contribution in [1.82, 2.24) is 10.2 Å². The Morgan fingerprint density at radius 2 is 2.00 bits per heavy atom. The minimum Gasteiger partial charge on any atom is -0.480 e. The van der Waals surface area contributed by atoms with Crippen LogP contribution in [0.25, 0.3) is 0 Å². The highest BCUT2D eigenvalue weighted by molar-refractivity contribution is 5.78. The molecule has 1 aliphatic rings. The second kappa shape index (κ2) is 7.96. The van der Waals surface area contributed by atoms with E-state index < -0.39 is 11.5 Å². The highest BCUT2D eigenvalue weighted by atomic mass is 16.5. The van der Waals surface area contributed by atoms with Crippen LogP contribution in [0.2, 0.25) is 0 Å². The fourth-order valence-electron chi connectivity index (χ4n) is 2.80. The van der Waals surface area contributed by atoms with Gasteiger partial charge in [0.15, 0.2) is 0 Å². The largest absolute Gasteiger partial charge is 0.480 e. The Labute approximate surface area is 122 Å². The average molecular weight is 286 g/mol. The van der Waals surface area contributed by atoms with Gasteiger partial charge in [-0.05, 0) is 53.1 Å². The van der Waals surface area contributed by atoms with Gasteiger partial charge in [-0.15, -0.1) is 0 Å². The van der Waals surface area contributed by atoms with E-state index in [-0.39, 0.29) is 12.2 Å². The summed E-state index contributed by atoms with van der Waals surface area (Å²) in [5, 5.41) is 12.5. The SMILES string of the molecule is CCCNC(C)(CCCN1CC(C)OC(C)C1)C(=O)O. The van der Waals surface area contributed by atoms with Gasteiger partial charge in [0.1, 0.15) is 5.54 Å². The van der Waals surface area contributed by atoms with Crippen LogP contribution in [0.15, 0.2) is 0 Å². The van der Waals surface area contributed by atoms with E-state index in [4.69, 9.17) is 4.74 Å². The smallest absolute Gasteiger partial charge is 0.323 e. The first kappa shape index (κ1) is 17.4. The van der Waals surface area contributed by atoms with Gasteiger partial charge in [-0.2, -0.15) is 0 Å². The number of carboxylic acid groups (broad SMARTS) is 1. The number of aliphatic carboxylic acids is 1. The molecule has 0 aromatic rings. The lowest BCUT2D eigenvalue weighted by Crippen LogP contribution is -2.50. The predicted molar refractivity (Wildman–Crippen MR) is 80.0 cm³/mol. The molecule has 0 aromatic carbocycles. The third kappa shape index (κ3) is 5.38. The molecule has 1 aliphatic heterocycles. The van der Waals surface area contributed by atoms with Crippen LogP contribution in [0, 0.1) is 0 Å². The fourth-order valence-corrected chi connectivity index (χ4v) is 2.80. The molecule has 118 valence electrons. The van der Waals surface area contributed by atoms with Crippen LogP contribution < -0.4 is 5.32 Å². The van der Waals surface area contributed by atoms with Gasteiger partial charge in [0.05, 0.1) is 12.2 Å². The number of rotatable bonds is 8. The lowest BCUT2D eigenvalue weighted by molar-refractivity contribution is -0.144. The maximum Gasteiger partial charge on any atom is 0.323 e. The lowest BCUT2D eigenvalue weighted by Gasteiger charge is -2.36. The highest BCUT2D eigenvalue weighted by Gasteiger charge is 2.32. The molecule has 0 spiro atoms. The van der Waals surface area contributed by atoms with Gasteiger partial charge in [-0.3, -0.25) is 9.69 Å². The zero-order valence-electron chi connectivity index (χ0n) is 13.3. The number of hydrogen-bond acceptors (Lipinski definition) is 4. The van der Waals surface area contributed by atoms with E-state index in [1.807, 2.05) is 6.92 Å². The molecule has 0 bridgehead atoms. The van der Waals surface area contributed by atoms with E-state index in [0.29, 0.717) is 6.42 Å². The second-order valence-corrected chi connectivity index (χ2v) is 6.18. The molecule has 1 fully saturated rings. The Balaban J connectivity index is 2.38. The summed E-state index contributed by atoms with van der Waals surface area (Å²) in [7, 11) is 0. The van der Waals surface area contributed by atoms with Gasteiger partial charge in [0.2, 0.25) is 0 Å². The van der Waals surface area contributed by atoms with Crippen LogP contribution in [0.4, 0.5) is 0 Å². The van der Waals surface area contributed by atoms with Crippen LogP contribution in [0.1, 0.15) is 47.0 Å². The number of nitrogens with zero attached hydrogens (tertiary/aromatic N) is 1. The third-order valence-electron chi connectivity index (χ3n) is 3.88. The Bertz CT molecular complexity index is 301. The minimum atomic E-state index is -0.806. The van der Waals surface area contributed by atoms with E-state index in [1.165, 1.54) is 0 Å². The van der Waals surface area contributed by atoms with E-state index in [1.54, 1.807) is 6.92 Å². The Hall–Kier alpha value is -0.650. The van der Waals surface area contributed by atoms with Crippen molar-refractivity contribution in [2.24, 2.45) is 0 Å². The Kier molecular flexibility index (Phi) is 6.92. The van der Waals surface area contributed by atoms with E-state index in [9.17, 15) is 9.90 Å². The summed E-state index contributed by atoms with van der Waals surface area (Å²) in [5.74, 6) is -0.755. The predicted octanol–water partition coefficient (Wildman–Crippen LogP) is 1.72. The molecule has 5 heteroatoms. The first-order valence-electron chi connectivity index (χ1n) is 7.73. The van der Waals surface area contributed by atoms with Gasteiger partial charge in [0.25, 0.3) is 0 Å². The lowest BCUT2D eigenvalue weighted by atomic mass is 9.95. The molecule has 2 N–H and O–H groups in total. The topological polar surface area (TPSA) is 61.8 Å². The van der Waals surface area contributed by atoms with Crippen molar-refractivity contribution in [2.45, 2.75) is 64.7 Å². The third-order valence-corrected chi connectivity index (χ3v) is 3.88. The molecule has 3 atom stereocenters.